The number of hydrogen-bond donors (Lipinski definition) is 0. The molecule has 110 valence electrons. The van der Waals surface area contributed by atoms with Crippen LogP contribution in [0.15, 0.2) is 34.9 Å². The van der Waals surface area contributed by atoms with Crippen molar-refractivity contribution in [3.63, 3.8) is 0 Å². The second-order valence-corrected chi connectivity index (χ2v) is 5.60. The highest BCUT2D eigenvalue weighted by Crippen LogP contribution is 2.33. The molecule has 0 radical (unpaired) electrons. The van der Waals surface area contributed by atoms with Crippen LogP contribution in [0.4, 0.5) is 0 Å². The monoisotopic (exact) mass is 284 g/mol. The number of benzene rings is 1. The van der Waals surface area contributed by atoms with Gasteiger partial charge in [-0.25, -0.2) is 0 Å². The number of likely N-dealkylation sites (tertiary alicyclic amines) is 1. The summed E-state index contributed by atoms with van der Waals surface area (Å²) in [6, 6.07) is 10.3. The largest absolute Gasteiger partial charge is 0.361 e. The fraction of sp³-hybridized carbons (Fsp3) is 0.412. The van der Waals surface area contributed by atoms with E-state index in [0.29, 0.717) is 5.69 Å². The van der Waals surface area contributed by atoms with Gasteiger partial charge < -0.3 is 9.42 Å². The number of nitrogens with zero attached hydrogens (tertiary/aromatic N) is 2. The van der Waals surface area contributed by atoms with Crippen molar-refractivity contribution in [2.75, 3.05) is 6.54 Å². The topological polar surface area (TPSA) is 46.3 Å². The highest BCUT2D eigenvalue weighted by Gasteiger charge is 2.31. The molecule has 4 heteroatoms. The average molecular weight is 284 g/mol. The summed E-state index contributed by atoms with van der Waals surface area (Å²) in [7, 11) is 0. The Labute approximate surface area is 124 Å². The molecule has 1 fully saturated rings. The second kappa shape index (κ2) is 5.72. The van der Waals surface area contributed by atoms with E-state index < -0.39 is 0 Å². The van der Waals surface area contributed by atoms with Crippen LogP contribution in [-0.2, 0) is 6.42 Å². The van der Waals surface area contributed by atoms with E-state index in [1.54, 1.807) is 6.07 Å². The Morgan fingerprint density at radius 3 is 2.81 bits per heavy atom. The molecule has 1 aromatic heterocycles. The molecule has 0 unspecified atom stereocenters. The van der Waals surface area contributed by atoms with E-state index in [9.17, 15) is 4.79 Å². The van der Waals surface area contributed by atoms with Crippen LogP contribution in [0, 0.1) is 6.92 Å². The van der Waals surface area contributed by atoms with Crippen LogP contribution < -0.4 is 0 Å². The lowest BCUT2D eigenvalue weighted by atomic mass is 10.0. The molecule has 0 N–H and O–H groups in total. The molecule has 0 spiro atoms. The molecule has 1 saturated heterocycles. The third kappa shape index (κ3) is 2.71. The summed E-state index contributed by atoms with van der Waals surface area (Å²) in [6.07, 6.45) is 2.79. The Hall–Kier alpha value is -2.10. The molecule has 4 nitrogen and oxygen atoms in total. The van der Waals surface area contributed by atoms with Crippen molar-refractivity contribution in [2.24, 2.45) is 0 Å². The Kier molecular flexibility index (Phi) is 3.78. The first-order chi connectivity index (χ1) is 10.2. The van der Waals surface area contributed by atoms with Gasteiger partial charge >= 0.3 is 0 Å². The minimum atomic E-state index is -0.0264. The van der Waals surface area contributed by atoms with Gasteiger partial charge in [0, 0.05) is 19.0 Å². The van der Waals surface area contributed by atoms with Gasteiger partial charge in [0.2, 0.25) is 0 Å². The molecule has 3 rings (SSSR count). The van der Waals surface area contributed by atoms with E-state index in [2.05, 4.69) is 36.3 Å². The minimum Gasteiger partial charge on any atom is -0.361 e. The zero-order valence-electron chi connectivity index (χ0n) is 12.5. The van der Waals surface area contributed by atoms with Crippen LogP contribution >= 0.6 is 0 Å². The smallest absolute Gasteiger partial charge is 0.276 e. The van der Waals surface area contributed by atoms with Crippen LogP contribution in [0.1, 0.15) is 53.2 Å². The fourth-order valence-corrected chi connectivity index (χ4v) is 2.87. The van der Waals surface area contributed by atoms with Gasteiger partial charge in [-0.05, 0) is 25.3 Å². The molecule has 21 heavy (non-hydrogen) atoms. The summed E-state index contributed by atoms with van der Waals surface area (Å²) in [5.41, 5.74) is 2.86. The molecular weight excluding hydrogens is 264 g/mol. The quantitative estimate of drug-likeness (QED) is 0.866. The Morgan fingerprint density at radius 2 is 2.14 bits per heavy atom. The number of aryl methyl sites for hydroxylation is 2. The molecular formula is C17H20N2O2. The van der Waals surface area contributed by atoms with Gasteiger partial charge in [-0.1, -0.05) is 41.9 Å². The van der Waals surface area contributed by atoms with E-state index in [-0.39, 0.29) is 11.9 Å². The van der Waals surface area contributed by atoms with E-state index in [4.69, 9.17) is 4.52 Å². The number of carbonyl (C=O) groups is 1. The highest BCUT2D eigenvalue weighted by atomic mass is 16.5. The summed E-state index contributed by atoms with van der Waals surface area (Å²) in [5.74, 6) is 0.728. The van der Waals surface area contributed by atoms with Gasteiger partial charge in [0.25, 0.3) is 5.91 Å². The Morgan fingerprint density at radius 1 is 1.38 bits per heavy atom. The van der Waals surface area contributed by atoms with Crippen LogP contribution in [0.5, 0.6) is 0 Å². The predicted molar refractivity (Wildman–Crippen MR) is 80.1 cm³/mol. The van der Waals surface area contributed by atoms with E-state index in [1.807, 2.05) is 11.8 Å². The summed E-state index contributed by atoms with van der Waals surface area (Å²) >= 11 is 0. The van der Waals surface area contributed by atoms with Gasteiger partial charge in [0.15, 0.2) is 5.69 Å². The Bertz CT molecular complexity index is 630. The van der Waals surface area contributed by atoms with Crippen LogP contribution in [0.2, 0.25) is 0 Å². The molecule has 1 aromatic carbocycles. The van der Waals surface area contributed by atoms with Gasteiger partial charge in [-0.15, -0.1) is 0 Å². The molecule has 0 saturated carbocycles. The van der Waals surface area contributed by atoms with Crippen molar-refractivity contribution in [1.29, 1.82) is 0 Å². The van der Waals surface area contributed by atoms with Crippen molar-refractivity contribution in [2.45, 2.75) is 39.2 Å². The highest BCUT2D eigenvalue weighted by molar-refractivity contribution is 5.92. The zero-order valence-corrected chi connectivity index (χ0v) is 12.5. The third-order valence-corrected chi connectivity index (χ3v) is 4.10. The lowest BCUT2D eigenvalue weighted by molar-refractivity contribution is 0.0725. The van der Waals surface area contributed by atoms with Crippen molar-refractivity contribution in [3.05, 3.63) is 52.9 Å². The number of rotatable bonds is 3. The summed E-state index contributed by atoms with van der Waals surface area (Å²) in [4.78, 5) is 14.5. The molecule has 0 bridgehead atoms. The summed E-state index contributed by atoms with van der Waals surface area (Å²) in [6.45, 7) is 4.84. The molecule has 2 heterocycles. The maximum absolute atomic E-state index is 12.6. The first kappa shape index (κ1) is 13.9. The maximum Gasteiger partial charge on any atom is 0.276 e. The molecule has 0 aliphatic carbocycles. The number of carbonyl (C=O) groups excluding carboxylic acids is 1. The van der Waals surface area contributed by atoms with Crippen LogP contribution in [-0.4, -0.2) is 22.5 Å². The van der Waals surface area contributed by atoms with Gasteiger partial charge in [0.05, 0.1) is 6.04 Å². The first-order valence-electron chi connectivity index (χ1n) is 7.52. The normalized spacial score (nSPS) is 18.2. The summed E-state index contributed by atoms with van der Waals surface area (Å²) in [5, 5.41) is 3.91. The molecule has 1 atom stereocenters. The fourth-order valence-electron chi connectivity index (χ4n) is 2.87. The predicted octanol–water partition coefficient (Wildman–Crippen LogP) is 3.52. The van der Waals surface area contributed by atoms with Crippen molar-refractivity contribution < 1.29 is 9.32 Å². The molecule has 1 aliphatic heterocycles. The first-order valence-corrected chi connectivity index (χ1v) is 7.52. The van der Waals surface area contributed by atoms with Crippen molar-refractivity contribution >= 4 is 5.91 Å². The van der Waals surface area contributed by atoms with Crippen molar-refractivity contribution in [3.8, 4) is 0 Å². The van der Waals surface area contributed by atoms with E-state index >= 15 is 0 Å². The van der Waals surface area contributed by atoms with Crippen molar-refractivity contribution in [1.82, 2.24) is 10.1 Å². The van der Waals surface area contributed by atoms with Gasteiger partial charge in [0.1, 0.15) is 5.76 Å². The zero-order chi connectivity index (χ0) is 14.8. The van der Waals surface area contributed by atoms with Crippen LogP contribution in [0.3, 0.4) is 0 Å². The standard InChI is InChI=1S/C17H20N2O2/c1-3-14-11-15(18-21-14)17(20)19-10-4-5-16(19)13-8-6-12(2)7-9-13/h6-9,11,16H,3-5,10H2,1-2H3/t16-/m1/s1. The van der Waals surface area contributed by atoms with Crippen LogP contribution in [0.25, 0.3) is 0 Å². The van der Waals surface area contributed by atoms with Gasteiger partial charge in [-0.2, -0.15) is 0 Å². The number of hydrogen-bond acceptors (Lipinski definition) is 3. The second-order valence-electron chi connectivity index (χ2n) is 5.60. The molecule has 2 aromatic rings. The van der Waals surface area contributed by atoms with Gasteiger partial charge in [-0.3, -0.25) is 4.79 Å². The number of amides is 1. The maximum atomic E-state index is 12.6. The lowest BCUT2D eigenvalue weighted by Gasteiger charge is -2.24. The number of aromatic nitrogens is 1. The van der Waals surface area contributed by atoms with E-state index in [1.165, 1.54) is 11.1 Å². The minimum absolute atomic E-state index is 0.0264. The third-order valence-electron chi connectivity index (χ3n) is 4.10. The van der Waals surface area contributed by atoms with E-state index in [0.717, 1.165) is 31.6 Å². The lowest BCUT2D eigenvalue weighted by Crippen LogP contribution is -2.30. The molecule has 1 amide bonds. The Balaban J connectivity index is 1.83. The SMILES string of the molecule is CCc1cc(C(=O)N2CCC[C@@H]2c2ccc(C)cc2)no1. The summed E-state index contributed by atoms with van der Waals surface area (Å²) < 4.78 is 5.15. The molecule has 1 aliphatic rings. The average Bonchev–Trinajstić information content (AvgIpc) is 3.16.